The zero-order valence-electron chi connectivity index (χ0n) is 15.5. The van der Waals surface area contributed by atoms with E-state index in [-0.39, 0.29) is 6.04 Å². The molecule has 6 nitrogen and oxygen atoms in total. The molecule has 0 saturated carbocycles. The lowest BCUT2D eigenvalue weighted by Gasteiger charge is -2.33. The number of anilines is 1. The maximum Gasteiger partial charge on any atom is 0.416 e. The first-order chi connectivity index (χ1) is 14.5. The lowest BCUT2D eigenvalue weighted by Crippen LogP contribution is -2.39. The molecule has 0 aliphatic carbocycles. The van der Waals surface area contributed by atoms with Crippen LogP contribution in [0.4, 0.5) is 18.3 Å². The third kappa shape index (κ3) is 3.52. The number of ether oxygens (including phenoxy) is 1. The fourth-order valence-electron chi connectivity index (χ4n) is 3.32. The molecule has 4 aromatic rings. The van der Waals surface area contributed by atoms with E-state index in [1.165, 1.54) is 17.4 Å². The van der Waals surface area contributed by atoms with E-state index in [4.69, 9.17) is 9.15 Å². The Bertz CT molecular complexity index is 1180. The minimum absolute atomic E-state index is 0.311. The summed E-state index contributed by atoms with van der Waals surface area (Å²) in [5, 5.41) is 8.91. The maximum absolute atomic E-state index is 13.0. The lowest BCUT2D eigenvalue weighted by atomic mass is 10.2. The second kappa shape index (κ2) is 7.37. The van der Waals surface area contributed by atoms with Gasteiger partial charge in [-0.25, -0.2) is 4.98 Å². The summed E-state index contributed by atoms with van der Waals surface area (Å²) >= 11 is 1.33. The molecule has 0 bridgehead atoms. The number of aromatic nitrogens is 3. The molecule has 30 heavy (non-hydrogen) atoms. The van der Waals surface area contributed by atoms with Crippen LogP contribution in [0.5, 0.6) is 0 Å². The molecule has 154 valence electrons. The normalized spacial score (nSPS) is 17.6. The number of morpholine rings is 1. The standard InChI is InChI=1S/C20H15F3N4O2S/c21-20(22,23)13-6-7-16-14(10-13)24-19(30-16)27-8-9-28-11-15(27)18-26-25-17(29-18)12-4-2-1-3-5-12/h1-7,10,15H,8-9,11H2. The van der Waals surface area contributed by atoms with Gasteiger partial charge in [0, 0.05) is 12.1 Å². The molecule has 0 N–H and O–H groups in total. The van der Waals surface area contributed by atoms with Crippen LogP contribution in [0.15, 0.2) is 52.9 Å². The molecule has 1 atom stereocenters. The number of hydrogen-bond donors (Lipinski definition) is 0. The smallest absolute Gasteiger partial charge is 0.416 e. The van der Waals surface area contributed by atoms with E-state index in [9.17, 15) is 13.2 Å². The first kappa shape index (κ1) is 19.0. The largest absolute Gasteiger partial charge is 0.418 e. The van der Waals surface area contributed by atoms with Gasteiger partial charge in [0.25, 0.3) is 0 Å². The van der Waals surface area contributed by atoms with Crippen LogP contribution in [0.25, 0.3) is 21.7 Å². The lowest BCUT2D eigenvalue weighted by molar-refractivity contribution is -0.137. The van der Waals surface area contributed by atoms with Crippen LogP contribution in [0.3, 0.4) is 0 Å². The average molecular weight is 432 g/mol. The summed E-state index contributed by atoms with van der Waals surface area (Å²) in [4.78, 5) is 6.40. The highest BCUT2D eigenvalue weighted by molar-refractivity contribution is 7.22. The quantitative estimate of drug-likeness (QED) is 0.457. The van der Waals surface area contributed by atoms with Crippen LogP contribution in [-0.2, 0) is 10.9 Å². The van der Waals surface area contributed by atoms with Crippen molar-refractivity contribution < 1.29 is 22.3 Å². The number of alkyl halides is 3. The molecule has 1 fully saturated rings. The Kier molecular flexibility index (Phi) is 4.67. The highest BCUT2D eigenvalue weighted by Crippen LogP contribution is 2.38. The Balaban J connectivity index is 1.48. The Morgan fingerprint density at radius 1 is 1.07 bits per heavy atom. The van der Waals surface area contributed by atoms with Gasteiger partial charge in [0.15, 0.2) is 5.13 Å². The van der Waals surface area contributed by atoms with Gasteiger partial charge in [0.1, 0.15) is 6.04 Å². The third-order valence-electron chi connectivity index (χ3n) is 4.82. The molecule has 2 aromatic heterocycles. The number of nitrogens with zero attached hydrogens (tertiary/aromatic N) is 4. The molecule has 5 rings (SSSR count). The maximum atomic E-state index is 13.0. The van der Waals surface area contributed by atoms with Crippen molar-refractivity contribution in [1.29, 1.82) is 0 Å². The topological polar surface area (TPSA) is 64.3 Å². The molecule has 10 heteroatoms. The van der Waals surface area contributed by atoms with Crippen molar-refractivity contribution >= 4 is 26.7 Å². The van der Waals surface area contributed by atoms with Gasteiger partial charge in [-0.1, -0.05) is 29.5 Å². The van der Waals surface area contributed by atoms with Crippen LogP contribution < -0.4 is 4.90 Å². The number of rotatable bonds is 3. The van der Waals surface area contributed by atoms with E-state index < -0.39 is 11.7 Å². The number of thiazole rings is 1. The van der Waals surface area contributed by atoms with Gasteiger partial charge >= 0.3 is 6.18 Å². The molecule has 2 aromatic carbocycles. The van der Waals surface area contributed by atoms with Crippen molar-refractivity contribution in [3.63, 3.8) is 0 Å². The number of fused-ring (bicyclic) bond motifs is 1. The number of benzene rings is 2. The summed E-state index contributed by atoms with van der Waals surface area (Å²) in [6.07, 6.45) is -4.41. The van der Waals surface area contributed by atoms with Gasteiger partial charge in [-0.2, -0.15) is 13.2 Å². The summed E-state index contributed by atoms with van der Waals surface area (Å²) in [5.74, 6) is 0.777. The fraction of sp³-hybridized carbons (Fsp3) is 0.250. The zero-order chi connectivity index (χ0) is 20.7. The van der Waals surface area contributed by atoms with Crippen LogP contribution in [0.2, 0.25) is 0 Å². The second-order valence-corrected chi connectivity index (χ2v) is 7.78. The molecule has 0 spiro atoms. The summed E-state index contributed by atoms with van der Waals surface area (Å²) in [6, 6.07) is 12.6. The summed E-state index contributed by atoms with van der Waals surface area (Å²) in [7, 11) is 0. The van der Waals surface area contributed by atoms with Crippen molar-refractivity contribution in [2.45, 2.75) is 12.2 Å². The van der Waals surface area contributed by atoms with Gasteiger partial charge in [-0.05, 0) is 30.3 Å². The first-order valence-electron chi connectivity index (χ1n) is 9.20. The molecule has 3 heterocycles. The van der Waals surface area contributed by atoms with Gasteiger partial charge in [0.05, 0.1) is 29.0 Å². The molecule has 0 amide bonds. The SMILES string of the molecule is FC(F)(F)c1ccc2sc(N3CCOCC3c3nnc(-c4ccccc4)o3)nc2c1. The van der Waals surface area contributed by atoms with Crippen molar-refractivity contribution in [2.24, 2.45) is 0 Å². The minimum Gasteiger partial charge on any atom is -0.418 e. The highest BCUT2D eigenvalue weighted by Gasteiger charge is 2.33. The van der Waals surface area contributed by atoms with E-state index in [2.05, 4.69) is 15.2 Å². The Hall–Kier alpha value is -2.98. The third-order valence-corrected chi connectivity index (χ3v) is 5.90. The van der Waals surface area contributed by atoms with Gasteiger partial charge in [-0.3, -0.25) is 0 Å². The fourth-order valence-corrected chi connectivity index (χ4v) is 4.34. The summed E-state index contributed by atoms with van der Waals surface area (Å²) in [6.45, 7) is 1.31. The molecule has 1 aliphatic rings. The Morgan fingerprint density at radius 2 is 1.90 bits per heavy atom. The molecular weight excluding hydrogens is 417 g/mol. The highest BCUT2D eigenvalue weighted by atomic mass is 32.1. The Labute approximate surface area is 172 Å². The van der Waals surface area contributed by atoms with Crippen molar-refractivity contribution in [1.82, 2.24) is 15.2 Å². The molecule has 1 aliphatic heterocycles. The van der Waals surface area contributed by atoms with Crippen molar-refractivity contribution in [3.8, 4) is 11.5 Å². The van der Waals surface area contributed by atoms with Gasteiger partial charge in [0.2, 0.25) is 11.8 Å². The molecule has 1 unspecified atom stereocenters. The molecular formula is C20H15F3N4O2S. The number of halogens is 3. The summed E-state index contributed by atoms with van der Waals surface area (Å²) < 4.78 is 51.2. The number of hydrogen-bond acceptors (Lipinski definition) is 7. The molecule has 0 radical (unpaired) electrons. The molecule has 1 saturated heterocycles. The predicted octanol–water partition coefficient (Wildman–Crippen LogP) is 4.94. The van der Waals surface area contributed by atoms with E-state index in [0.29, 0.717) is 46.9 Å². The van der Waals surface area contributed by atoms with E-state index >= 15 is 0 Å². The van der Waals surface area contributed by atoms with E-state index in [0.717, 1.165) is 17.7 Å². The Morgan fingerprint density at radius 3 is 2.70 bits per heavy atom. The second-order valence-electron chi connectivity index (χ2n) is 6.77. The van der Waals surface area contributed by atoms with Crippen molar-refractivity contribution in [2.75, 3.05) is 24.7 Å². The first-order valence-corrected chi connectivity index (χ1v) is 10.0. The van der Waals surface area contributed by atoms with Gasteiger partial charge in [-0.15, -0.1) is 10.2 Å². The van der Waals surface area contributed by atoms with E-state index in [1.807, 2.05) is 35.2 Å². The zero-order valence-corrected chi connectivity index (χ0v) is 16.3. The van der Waals surface area contributed by atoms with Gasteiger partial charge < -0.3 is 14.1 Å². The van der Waals surface area contributed by atoms with E-state index in [1.54, 1.807) is 0 Å². The van der Waals surface area contributed by atoms with Crippen LogP contribution in [-0.4, -0.2) is 34.9 Å². The summed E-state index contributed by atoms with van der Waals surface area (Å²) in [5.41, 5.74) is 0.402. The predicted molar refractivity (Wildman–Crippen MR) is 105 cm³/mol. The minimum atomic E-state index is -4.41. The van der Waals surface area contributed by atoms with Crippen LogP contribution in [0, 0.1) is 0 Å². The van der Waals surface area contributed by atoms with Crippen LogP contribution >= 0.6 is 11.3 Å². The van der Waals surface area contributed by atoms with Crippen LogP contribution in [0.1, 0.15) is 17.5 Å². The monoisotopic (exact) mass is 432 g/mol. The van der Waals surface area contributed by atoms with Crippen molar-refractivity contribution in [3.05, 3.63) is 60.0 Å². The average Bonchev–Trinajstić information content (AvgIpc) is 3.40.